The van der Waals surface area contributed by atoms with E-state index >= 15 is 0 Å². The van der Waals surface area contributed by atoms with Crippen LogP contribution >= 0.6 is 0 Å². The highest BCUT2D eigenvalue weighted by Gasteiger charge is 2.55. The number of rotatable bonds is 5. The van der Waals surface area contributed by atoms with Crippen molar-refractivity contribution in [2.75, 3.05) is 31.1 Å². The number of amides is 1. The summed E-state index contributed by atoms with van der Waals surface area (Å²) in [7, 11) is 0. The summed E-state index contributed by atoms with van der Waals surface area (Å²) in [6.07, 6.45) is 8.36. The molecule has 3 aromatic rings. The maximum atomic E-state index is 14.0. The van der Waals surface area contributed by atoms with Gasteiger partial charge in [-0.05, 0) is 81.8 Å². The van der Waals surface area contributed by atoms with Crippen molar-refractivity contribution >= 4 is 11.7 Å². The smallest absolute Gasteiger partial charge is 0.228 e. The first kappa shape index (κ1) is 24.8. The number of aryl methyl sites for hydroxylation is 2. The van der Waals surface area contributed by atoms with E-state index in [9.17, 15) is 4.79 Å². The minimum Gasteiger partial charge on any atom is -0.353 e. The predicted molar refractivity (Wildman–Crippen MR) is 156 cm³/mol. The second kappa shape index (κ2) is 9.76. The Morgan fingerprint density at radius 2 is 1.51 bits per heavy atom. The second-order valence-electron chi connectivity index (χ2n) is 12.9. The van der Waals surface area contributed by atoms with Gasteiger partial charge in [0.25, 0.3) is 0 Å². The molecule has 8 rings (SSSR count). The molecule has 0 atom stereocenters. The summed E-state index contributed by atoms with van der Waals surface area (Å²) >= 11 is 0. The number of carbonyl (C=O) groups is 1. The predicted octanol–water partition coefficient (Wildman–Crippen LogP) is 6.22. The third kappa shape index (κ3) is 4.64. The van der Waals surface area contributed by atoms with Gasteiger partial charge in [-0.15, -0.1) is 0 Å². The van der Waals surface area contributed by atoms with Crippen LogP contribution in [0.5, 0.6) is 0 Å². The number of hydrogen-bond donors (Lipinski definition) is 0. The molecule has 5 aliphatic rings. The summed E-state index contributed by atoms with van der Waals surface area (Å²) in [5, 5.41) is 0. The number of nitrogens with zero attached hydrogens (tertiary/aromatic N) is 4. The van der Waals surface area contributed by atoms with Gasteiger partial charge in [0, 0.05) is 49.4 Å². The van der Waals surface area contributed by atoms with Gasteiger partial charge in [-0.3, -0.25) is 4.79 Å². The van der Waals surface area contributed by atoms with Gasteiger partial charge in [0.05, 0.1) is 5.41 Å². The lowest BCUT2D eigenvalue weighted by Crippen LogP contribution is -2.58. The van der Waals surface area contributed by atoms with Gasteiger partial charge in [-0.25, -0.2) is 9.97 Å². The lowest BCUT2D eigenvalue weighted by molar-refractivity contribution is -0.158. The highest BCUT2D eigenvalue weighted by molar-refractivity contribution is 5.83. The van der Waals surface area contributed by atoms with Crippen molar-refractivity contribution in [3.05, 3.63) is 77.0 Å². The Morgan fingerprint density at radius 1 is 0.846 bits per heavy atom. The zero-order valence-electron chi connectivity index (χ0n) is 23.4. The molecule has 5 heteroatoms. The molecule has 1 aromatic heterocycles. The molecule has 5 nitrogen and oxygen atoms in total. The standard InChI is InChI=1S/C34H40N4O/c1-23-7-6-10-29(15-23)31-35-24(2)30(19-25-8-4-3-5-9-25)32(36-31)37-11-13-38(14-12-37)33(39)34-20-26-16-27(21-34)18-28(17-26)22-34/h3-10,15,26-28H,11-14,16-22H2,1-2H3. The highest BCUT2D eigenvalue weighted by atomic mass is 16.2. The van der Waals surface area contributed by atoms with Crippen LogP contribution in [0.15, 0.2) is 54.6 Å². The van der Waals surface area contributed by atoms with E-state index in [4.69, 9.17) is 9.97 Å². The molecule has 1 amide bonds. The van der Waals surface area contributed by atoms with Crippen LogP contribution < -0.4 is 4.90 Å². The summed E-state index contributed by atoms with van der Waals surface area (Å²) in [5.41, 5.74) is 5.70. The first-order valence-electron chi connectivity index (χ1n) is 15.0. The molecule has 0 spiro atoms. The molecule has 0 unspecified atom stereocenters. The Labute approximate surface area is 232 Å². The average molecular weight is 521 g/mol. The average Bonchev–Trinajstić information content (AvgIpc) is 2.93. The Bertz CT molecular complexity index is 1340. The molecule has 4 saturated carbocycles. The van der Waals surface area contributed by atoms with E-state index in [1.165, 1.54) is 36.0 Å². The third-order valence-electron chi connectivity index (χ3n) is 10.1. The number of hydrogen-bond acceptors (Lipinski definition) is 4. The normalized spacial score (nSPS) is 27.7. The van der Waals surface area contributed by atoms with Crippen molar-refractivity contribution in [3.8, 4) is 11.4 Å². The summed E-state index contributed by atoms with van der Waals surface area (Å²) < 4.78 is 0. The fraction of sp³-hybridized carbons (Fsp3) is 0.500. The topological polar surface area (TPSA) is 49.3 Å². The van der Waals surface area contributed by atoms with E-state index in [0.29, 0.717) is 5.91 Å². The van der Waals surface area contributed by atoms with E-state index in [0.717, 1.165) is 92.5 Å². The number of aromatic nitrogens is 2. The van der Waals surface area contributed by atoms with E-state index in [2.05, 4.69) is 78.2 Å². The van der Waals surface area contributed by atoms with Crippen molar-refractivity contribution in [1.29, 1.82) is 0 Å². The number of piperazine rings is 1. The highest BCUT2D eigenvalue weighted by Crippen LogP contribution is 2.60. The van der Waals surface area contributed by atoms with Crippen LogP contribution in [-0.4, -0.2) is 47.0 Å². The van der Waals surface area contributed by atoms with Crippen molar-refractivity contribution in [2.45, 2.75) is 58.8 Å². The van der Waals surface area contributed by atoms with Gasteiger partial charge in [-0.1, -0.05) is 54.1 Å². The van der Waals surface area contributed by atoms with Crippen LogP contribution in [0.4, 0.5) is 5.82 Å². The van der Waals surface area contributed by atoms with Crippen LogP contribution in [0.25, 0.3) is 11.4 Å². The number of benzene rings is 2. The molecule has 0 N–H and O–H groups in total. The summed E-state index contributed by atoms with van der Waals surface area (Å²) in [6.45, 7) is 7.45. The molecule has 2 aromatic carbocycles. The Hall–Kier alpha value is -3.21. The molecule has 4 aliphatic carbocycles. The molecule has 1 aliphatic heterocycles. The van der Waals surface area contributed by atoms with E-state index in [1.54, 1.807) is 0 Å². The molecule has 5 fully saturated rings. The molecule has 1 saturated heterocycles. The van der Waals surface area contributed by atoms with Crippen LogP contribution in [0.1, 0.15) is 60.9 Å². The largest absolute Gasteiger partial charge is 0.353 e. The molecule has 2 heterocycles. The van der Waals surface area contributed by atoms with Gasteiger partial charge in [0.15, 0.2) is 5.82 Å². The number of carbonyl (C=O) groups excluding carboxylic acids is 1. The van der Waals surface area contributed by atoms with Crippen molar-refractivity contribution < 1.29 is 4.79 Å². The maximum absolute atomic E-state index is 14.0. The van der Waals surface area contributed by atoms with Gasteiger partial charge >= 0.3 is 0 Å². The van der Waals surface area contributed by atoms with Crippen molar-refractivity contribution in [3.63, 3.8) is 0 Å². The molecule has 0 radical (unpaired) electrons. The Morgan fingerprint density at radius 3 is 2.15 bits per heavy atom. The lowest BCUT2D eigenvalue weighted by Gasteiger charge is -2.57. The first-order valence-corrected chi connectivity index (χ1v) is 15.0. The van der Waals surface area contributed by atoms with Crippen LogP contribution in [0.3, 0.4) is 0 Å². The van der Waals surface area contributed by atoms with E-state index < -0.39 is 0 Å². The van der Waals surface area contributed by atoms with Crippen LogP contribution in [-0.2, 0) is 11.2 Å². The summed E-state index contributed by atoms with van der Waals surface area (Å²) in [4.78, 5) is 28.8. The maximum Gasteiger partial charge on any atom is 0.228 e. The Balaban J connectivity index is 1.15. The fourth-order valence-electron chi connectivity index (χ4n) is 8.59. The first-order chi connectivity index (χ1) is 19.0. The minimum atomic E-state index is -0.0563. The molecule has 202 valence electrons. The van der Waals surface area contributed by atoms with Crippen LogP contribution in [0, 0.1) is 37.0 Å². The lowest BCUT2D eigenvalue weighted by atomic mass is 9.49. The van der Waals surface area contributed by atoms with Gasteiger partial charge in [0.1, 0.15) is 5.82 Å². The quantitative estimate of drug-likeness (QED) is 0.401. The van der Waals surface area contributed by atoms with Crippen LogP contribution in [0.2, 0.25) is 0 Å². The SMILES string of the molecule is Cc1cccc(-c2nc(C)c(Cc3ccccc3)c(N3CCN(C(=O)C45CC6CC(CC(C6)C4)C5)CC3)n2)c1. The van der Waals surface area contributed by atoms with Gasteiger partial charge in [0.2, 0.25) is 5.91 Å². The minimum absolute atomic E-state index is 0.0563. The molecule has 39 heavy (non-hydrogen) atoms. The van der Waals surface area contributed by atoms with E-state index in [1.807, 2.05) is 0 Å². The van der Waals surface area contributed by atoms with E-state index in [-0.39, 0.29) is 5.41 Å². The monoisotopic (exact) mass is 520 g/mol. The Kier molecular flexibility index (Phi) is 6.21. The zero-order chi connectivity index (χ0) is 26.6. The zero-order valence-corrected chi connectivity index (χ0v) is 23.4. The third-order valence-corrected chi connectivity index (χ3v) is 10.1. The summed E-state index contributed by atoms with van der Waals surface area (Å²) in [6, 6.07) is 19.1. The van der Waals surface area contributed by atoms with Crippen molar-refractivity contribution in [1.82, 2.24) is 14.9 Å². The fourth-order valence-corrected chi connectivity index (χ4v) is 8.59. The van der Waals surface area contributed by atoms with Crippen molar-refractivity contribution in [2.24, 2.45) is 23.2 Å². The number of anilines is 1. The van der Waals surface area contributed by atoms with Gasteiger partial charge < -0.3 is 9.80 Å². The summed E-state index contributed by atoms with van der Waals surface area (Å²) in [5.74, 6) is 4.67. The molecular formula is C34H40N4O. The second-order valence-corrected chi connectivity index (χ2v) is 12.9. The molecule has 4 bridgehead atoms. The van der Waals surface area contributed by atoms with Gasteiger partial charge in [-0.2, -0.15) is 0 Å². The molecular weight excluding hydrogens is 480 g/mol.